The van der Waals surface area contributed by atoms with Gasteiger partial charge in [-0.05, 0) is 0 Å². The molecule has 0 aromatic heterocycles. The van der Waals surface area contributed by atoms with E-state index in [1.54, 1.807) is 0 Å². The quantitative estimate of drug-likeness (QED) is 0.199. The highest BCUT2D eigenvalue weighted by Gasteiger charge is 3.00. The van der Waals surface area contributed by atoms with E-state index < -0.39 is 83.4 Å². The minimum atomic E-state index is -9.95. The lowest BCUT2D eigenvalue weighted by Gasteiger charge is -2.46. The van der Waals surface area contributed by atoms with Gasteiger partial charge in [-0.2, -0.15) is 127 Å². The Morgan fingerprint density at radius 2 is 0.295 bits per heavy atom. The Morgan fingerprint density at radius 1 is 0.182 bits per heavy atom. The number of hydrogen-bond acceptors (Lipinski definition) is 1. The van der Waals surface area contributed by atoms with Crippen molar-refractivity contribution >= 4 is 0 Å². The molecule has 0 aromatic rings. The molecule has 0 aliphatic heterocycles. The summed E-state index contributed by atoms with van der Waals surface area (Å²) in [5.74, 6) is -114. The Morgan fingerprint density at radius 3 is 0.409 bits per heavy atom. The van der Waals surface area contributed by atoms with Crippen LogP contribution in [0.5, 0.6) is 0 Å². The molecular weight excluding hydrogens is 735 g/mol. The SMILES string of the molecule is OC(F)(F)C(F)(F)C(F)(F)C(F)(F)C(F)(F)C(F)(F)C(F)(F)C(F)(F)C(F)(F)C(F)(F)C(F)(F)C(F)(F)C(F)(F)C(F)(F)F. The topological polar surface area (TPSA) is 20.2 Å². The van der Waals surface area contributed by atoms with Crippen LogP contribution in [0.1, 0.15) is 0 Å². The Kier molecular flexibility index (Phi) is 9.26. The van der Waals surface area contributed by atoms with Crippen molar-refractivity contribution in [2.75, 3.05) is 0 Å². The van der Waals surface area contributed by atoms with Crippen LogP contribution in [-0.4, -0.2) is 88.5 Å². The van der Waals surface area contributed by atoms with Crippen molar-refractivity contribution in [3.05, 3.63) is 0 Å². The van der Waals surface area contributed by atoms with Gasteiger partial charge in [0, 0.05) is 0 Å². The molecule has 0 atom stereocenters. The summed E-state index contributed by atoms with van der Waals surface area (Å²) in [5.41, 5.74) is 0. The van der Waals surface area contributed by atoms with Crippen LogP contribution in [0.25, 0.3) is 0 Å². The number of rotatable bonds is 12. The summed E-state index contributed by atoms with van der Waals surface area (Å²) in [7, 11) is 0. The molecule has 0 aliphatic carbocycles. The van der Waals surface area contributed by atoms with E-state index in [9.17, 15) is 127 Å². The Hall–Kier alpha value is -2.07. The minimum absolute atomic E-state index is 7.41. The second-order valence-electron chi connectivity index (χ2n) is 7.93. The zero-order valence-corrected chi connectivity index (χ0v) is 18.4. The van der Waals surface area contributed by atoms with Crippen LogP contribution in [-0.2, 0) is 0 Å². The lowest BCUT2D eigenvalue weighted by atomic mass is 9.84. The summed E-state index contributed by atoms with van der Waals surface area (Å²) >= 11 is 0. The highest BCUT2D eigenvalue weighted by atomic mass is 19.4. The molecule has 0 heterocycles. The maximum atomic E-state index is 13.5. The zero-order valence-electron chi connectivity index (χ0n) is 18.4. The van der Waals surface area contributed by atoms with Crippen LogP contribution < -0.4 is 0 Å². The van der Waals surface area contributed by atoms with E-state index in [4.69, 9.17) is 5.11 Å². The van der Waals surface area contributed by atoms with Crippen LogP contribution in [0.4, 0.5) is 127 Å². The second kappa shape index (κ2) is 9.72. The summed E-state index contributed by atoms with van der Waals surface area (Å²) in [5, 5.41) is 7.41. The highest BCUT2D eigenvalue weighted by molar-refractivity contribution is 5.20. The fourth-order valence-electron chi connectivity index (χ4n) is 2.34. The van der Waals surface area contributed by atoms with Crippen molar-refractivity contribution in [1.82, 2.24) is 0 Å². The molecule has 30 heteroatoms. The number of halogens is 29. The maximum Gasteiger partial charge on any atom is 0.460 e. The fourth-order valence-corrected chi connectivity index (χ4v) is 2.34. The molecule has 0 unspecified atom stereocenters. The predicted molar refractivity (Wildman–Crippen MR) is 72.6 cm³/mol. The number of alkyl halides is 29. The summed E-state index contributed by atoms with van der Waals surface area (Å²) in [6.45, 7) is 0. The molecule has 0 aromatic carbocycles. The van der Waals surface area contributed by atoms with Crippen LogP contribution in [0.2, 0.25) is 0 Å². The third-order valence-corrected chi connectivity index (χ3v) is 5.07. The van der Waals surface area contributed by atoms with E-state index in [1.807, 2.05) is 0 Å². The van der Waals surface area contributed by atoms with Gasteiger partial charge in [-0.1, -0.05) is 0 Å². The lowest BCUT2D eigenvalue weighted by molar-refractivity contribution is -0.491. The third kappa shape index (κ3) is 4.58. The van der Waals surface area contributed by atoms with E-state index >= 15 is 0 Å². The summed E-state index contributed by atoms with van der Waals surface area (Å²) in [4.78, 5) is 0. The molecule has 0 fully saturated rings. The van der Waals surface area contributed by atoms with Crippen LogP contribution in [0.3, 0.4) is 0 Å². The standard InChI is InChI=1S/C14HF29O/c15-1(16,3(19,20)5(23,24)7(27,28)9(31,32)11(35,36)13(39,40)41)2(17,18)4(21,22)6(25,26)8(29,30)10(33,34)12(37,38)14(42,43)44/h44H. The van der Waals surface area contributed by atoms with Gasteiger partial charge in [-0.15, -0.1) is 0 Å². The van der Waals surface area contributed by atoms with Gasteiger partial charge in [-0.25, -0.2) is 0 Å². The van der Waals surface area contributed by atoms with Crippen molar-refractivity contribution in [2.24, 2.45) is 0 Å². The van der Waals surface area contributed by atoms with E-state index in [0.717, 1.165) is 0 Å². The molecule has 1 N–H and O–H groups in total. The molecule has 1 nitrogen and oxygen atoms in total. The van der Waals surface area contributed by atoms with Crippen LogP contribution in [0.15, 0.2) is 0 Å². The maximum absolute atomic E-state index is 13.5. The molecular formula is C14HF29O. The van der Waals surface area contributed by atoms with Gasteiger partial charge in [0.1, 0.15) is 0 Å². The Labute approximate surface area is 217 Å². The van der Waals surface area contributed by atoms with Gasteiger partial charge in [0.2, 0.25) is 0 Å². The molecule has 0 saturated carbocycles. The normalized spacial score (nSPS) is 17.3. The molecule has 0 spiro atoms. The summed E-state index contributed by atoms with van der Waals surface area (Å²) in [6.07, 6.45) is -16.1. The summed E-state index contributed by atoms with van der Waals surface area (Å²) < 4.78 is 378. The number of hydrogen-bond donors (Lipinski definition) is 1. The smallest absolute Gasteiger partial charge is 0.331 e. The molecule has 0 amide bonds. The Balaban J connectivity index is 7.52. The van der Waals surface area contributed by atoms with Crippen molar-refractivity contribution in [3.63, 3.8) is 0 Å². The first-order chi connectivity index (χ1) is 18.2. The third-order valence-electron chi connectivity index (χ3n) is 5.07. The van der Waals surface area contributed by atoms with Crippen molar-refractivity contribution in [3.8, 4) is 0 Å². The van der Waals surface area contributed by atoms with E-state index in [0.29, 0.717) is 0 Å². The van der Waals surface area contributed by atoms with E-state index in [2.05, 4.69) is 0 Å². The molecule has 0 rings (SSSR count). The monoisotopic (exact) mass is 736 g/mol. The average molecular weight is 736 g/mol. The minimum Gasteiger partial charge on any atom is -0.331 e. The van der Waals surface area contributed by atoms with Gasteiger partial charge in [-0.3, -0.25) is 0 Å². The molecule has 0 radical (unpaired) electrons. The van der Waals surface area contributed by atoms with Crippen LogP contribution in [0, 0.1) is 0 Å². The molecule has 266 valence electrons. The first-order valence-corrected chi connectivity index (χ1v) is 8.95. The predicted octanol–water partition coefficient (Wildman–Crippen LogP) is 8.76. The molecule has 0 aliphatic rings. The van der Waals surface area contributed by atoms with Gasteiger partial charge < -0.3 is 5.11 Å². The van der Waals surface area contributed by atoms with Gasteiger partial charge >= 0.3 is 83.4 Å². The van der Waals surface area contributed by atoms with Gasteiger partial charge in [0.05, 0.1) is 0 Å². The van der Waals surface area contributed by atoms with Crippen molar-refractivity contribution < 1.29 is 132 Å². The molecule has 0 bridgehead atoms. The van der Waals surface area contributed by atoms with Crippen molar-refractivity contribution in [1.29, 1.82) is 0 Å². The second-order valence-corrected chi connectivity index (χ2v) is 7.93. The fraction of sp³-hybridized carbons (Fsp3) is 1.00. The van der Waals surface area contributed by atoms with Crippen LogP contribution >= 0.6 is 0 Å². The van der Waals surface area contributed by atoms with E-state index in [1.165, 1.54) is 0 Å². The molecule has 44 heavy (non-hydrogen) atoms. The highest BCUT2D eigenvalue weighted by Crippen LogP contribution is 2.68. The first-order valence-electron chi connectivity index (χ1n) is 8.95. The first kappa shape index (κ1) is 41.9. The van der Waals surface area contributed by atoms with Gasteiger partial charge in [0.25, 0.3) is 0 Å². The molecule has 0 saturated heterocycles. The van der Waals surface area contributed by atoms with E-state index in [-0.39, 0.29) is 0 Å². The van der Waals surface area contributed by atoms with Gasteiger partial charge in [0.15, 0.2) is 0 Å². The average Bonchev–Trinajstić information content (AvgIpc) is 2.75. The summed E-state index contributed by atoms with van der Waals surface area (Å²) in [6, 6.07) is 0. The lowest BCUT2D eigenvalue weighted by Crippen LogP contribution is -2.79. The zero-order chi connectivity index (χ0) is 37.0. The largest absolute Gasteiger partial charge is 0.460 e. The Bertz CT molecular complexity index is 969. The number of aliphatic hydroxyl groups is 1. The van der Waals surface area contributed by atoms with Crippen molar-refractivity contribution in [2.45, 2.75) is 83.4 Å².